The molecule has 1 heterocycles. The second kappa shape index (κ2) is 3.69. The minimum Gasteiger partial charge on any atom is -0.416 e. The van der Waals surface area contributed by atoms with Crippen molar-refractivity contribution >= 4 is 8.32 Å². The molecular formula is C15H22OSi. The van der Waals surface area contributed by atoms with Gasteiger partial charge in [0.25, 0.3) is 0 Å². The Bertz CT molecular complexity index is 438. The molecule has 0 radical (unpaired) electrons. The van der Waals surface area contributed by atoms with E-state index >= 15 is 0 Å². The van der Waals surface area contributed by atoms with Crippen molar-refractivity contribution in [1.29, 1.82) is 0 Å². The summed E-state index contributed by atoms with van der Waals surface area (Å²) in [7, 11) is -1.38. The van der Waals surface area contributed by atoms with Crippen molar-refractivity contribution in [1.82, 2.24) is 0 Å². The summed E-state index contributed by atoms with van der Waals surface area (Å²) in [6.07, 6.45) is 1.39. The highest BCUT2D eigenvalue weighted by Gasteiger charge is 2.70. The number of hydrogen-bond donors (Lipinski definition) is 0. The van der Waals surface area contributed by atoms with Gasteiger partial charge in [-0.05, 0) is 36.5 Å². The minimum absolute atomic E-state index is 0.421. The van der Waals surface area contributed by atoms with Crippen LogP contribution in [0.15, 0.2) is 24.3 Å². The quantitative estimate of drug-likeness (QED) is 0.732. The fourth-order valence-corrected chi connectivity index (χ4v) is 8.46. The van der Waals surface area contributed by atoms with Gasteiger partial charge in [-0.1, -0.05) is 43.7 Å². The second-order valence-electron chi connectivity index (χ2n) is 5.84. The molecule has 1 aromatic rings. The van der Waals surface area contributed by atoms with Gasteiger partial charge < -0.3 is 4.43 Å². The van der Waals surface area contributed by atoms with Gasteiger partial charge in [-0.2, -0.15) is 0 Å². The van der Waals surface area contributed by atoms with Gasteiger partial charge in [-0.15, -0.1) is 0 Å². The molecular weight excluding hydrogens is 224 g/mol. The molecule has 17 heavy (non-hydrogen) atoms. The number of hydrogen-bond acceptors (Lipinski definition) is 1. The molecule has 2 aliphatic rings. The first-order valence-corrected chi connectivity index (χ1v) is 9.28. The zero-order valence-electron chi connectivity index (χ0n) is 11.1. The monoisotopic (exact) mass is 246 g/mol. The van der Waals surface area contributed by atoms with Gasteiger partial charge in [0.15, 0.2) is 8.32 Å². The zero-order chi connectivity index (χ0) is 12.1. The van der Waals surface area contributed by atoms with Gasteiger partial charge in [-0.25, -0.2) is 0 Å². The minimum atomic E-state index is -1.38. The second-order valence-corrected chi connectivity index (χ2v) is 10.4. The van der Waals surface area contributed by atoms with Gasteiger partial charge in [-0.3, -0.25) is 0 Å². The summed E-state index contributed by atoms with van der Waals surface area (Å²) in [5.41, 5.74) is 4.24. The molecule has 1 unspecified atom stereocenters. The third kappa shape index (κ3) is 1.47. The Hall–Kier alpha value is -0.603. The highest BCUT2D eigenvalue weighted by Crippen LogP contribution is 2.69. The first-order chi connectivity index (χ1) is 8.17. The van der Waals surface area contributed by atoms with Gasteiger partial charge in [0, 0.05) is 12.0 Å². The lowest BCUT2D eigenvalue weighted by Crippen LogP contribution is -2.33. The van der Waals surface area contributed by atoms with Crippen molar-refractivity contribution < 1.29 is 4.43 Å². The molecule has 0 aromatic heterocycles. The van der Waals surface area contributed by atoms with E-state index in [2.05, 4.69) is 45.0 Å². The standard InChI is InChI=1S/C15H22OSi/c1-4-17(5-2)14-10-15(14,11-16-17)13-8-6-7-12(3)9-13/h6-9,14H,4-5,10-11H2,1-3H3/t14?,15-/m0/s1. The topological polar surface area (TPSA) is 9.23 Å². The van der Waals surface area contributed by atoms with Crippen LogP contribution in [0.4, 0.5) is 0 Å². The molecule has 0 bridgehead atoms. The number of aryl methyl sites for hydroxylation is 1. The van der Waals surface area contributed by atoms with Crippen LogP contribution < -0.4 is 0 Å². The molecule has 1 aliphatic heterocycles. The maximum absolute atomic E-state index is 6.34. The molecule has 1 aliphatic carbocycles. The normalized spacial score (nSPS) is 33.5. The predicted molar refractivity (Wildman–Crippen MR) is 73.9 cm³/mol. The smallest absolute Gasteiger partial charge is 0.196 e. The van der Waals surface area contributed by atoms with E-state index in [1.165, 1.54) is 24.1 Å². The summed E-state index contributed by atoms with van der Waals surface area (Å²) in [6, 6.07) is 11.7. The Kier molecular flexibility index (Phi) is 2.49. The third-order valence-electron chi connectivity index (χ3n) is 5.12. The highest BCUT2D eigenvalue weighted by atomic mass is 28.4. The summed E-state index contributed by atoms with van der Waals surface area (Å²) >= 11 is 0. The molecule has 3 rings (SSSR count). The average molecular weight is 246 g/mol. The largest absolute Gasteiger partial charge is 0.416 e. The van der Waals surface area contributed by atoms with E-state index in [4.69, 9.17) is 4.43 Å². The van der Waals surface area contributed by atoms with E-state index in [1.807, 2.05) is 0 Å². The SMILES string of the molecule is CC[Si]1(CC)OC[C@]2(c3cccc(C)c3)CC21. The van der Waals surface area contributed by atoms with Crippen LogP contribution in [0, 0.1) is 6.92 Å². The van der Waals surface area contributed by atoms with Gasteiger partial charge in [0.1, 0.15) is 0 Å². The Balaban J connectivity index is 1.93. The number of fused-ring (bicyclic) bond motifs is 1. The van der Waals surface area contributed by atoms with E-state index in [9.17, 15) is 0 Å². The average Bonchev–Trinajstić information content (AvgIpc) is 3.02. The van der Waals surface area contributed by atoms with Crippen LogP contribution >= 0.6 is 0 Å². The Labute approximate surface area is 105 Å². The number of rotatable bonds is 3. The van der Waals surface area contributed by atoms with E-state index in [0.29, 0.717) is 5.41 Å². The van der Waals surface area contributed by atoms with E-state index in [0.717, 1.165) is 12.1 Å². The van der Waals surface area contributed by atoms with Crippen molar-refractivity contribution in [2.45, 2.75) is 50.2 Å². The molecule has 0 N–H and O–H groups in total. The molecule has 2 heteroatoms. The zero-order valence-corrected chi connectivity index (χ0v) is 12.1. The van der Waals surface area contributed by atoms with Crippen LogP contribution in [0.25, 0.3) is 0 Å². The maximum atomic E-state index is 6.34. The van der Waals surface area contributed by atoms with E-state index in [-0.39, 0.29) is 0 Å². The van der Waals surface area contributed by atoms with Crippen LogP contribution in [0.2, 0.25) is 17.6 Å². The molecule has 0 amide bonds. The molecule has 2 atom stereocenters. The predicted octanol–water partition coefficient (Wildman–Crippen LogP) is 4.02. The molecule has 1 saturated heterocycles. The summed E-state index contributed by atoms with van der Waals surface area (Å²) in [5, 5.41) is 0. The maximum Gasteiger partial charge on any atom is 0.196 e. The van der Waals surface area contributed by atoms with Crippen LogP contribution in [-0.4, -0.2) is 14.9 Å². The fourth-order valence-electron chi connectivity index (χ4n) is 3.83. The molecule has 1 nitrogen and oxygen atoms in total. The first-order valence-electron chi connectivity index (χ1n) is 6.88. The first kappa shape index (κ1) is 11.5. The van der Waals surface area contributed by atoms with Crippen molar-refractivity contribution in [2.24, 2.45) is 0 Å². The van der Waals surface area contributed by atoms with Crippen LogP contribution in [0.1, 0.15) is 31.4 Å². The third-order valence-corrected chi connectivity index (χ3v) is 10.3. The van der Waals surface area contributed by atoms with E-state index < -0.39 is 8.32 Å². The van der Waals surface area contributed by atoms with Crippen molar-refractivity contribution in [3.63, 3.8) is 0 Å². The highest BCUT2D eigenvalue weighted by molar-refractivity contribution is 6.77. The molecule has 0 spiro atoms. The van der Waals surface area contributed by atoms with Gasteiger partial charge in [0.05, 0.1) is 0 Å². The lowest BCUT2D eigenvalue weighted by Gasteiger charge is -2.24. The Morgan fingerprint density at radius 2 is 2.12 bits per heavy atom. The van der Waals surface area contributed by atoms with Crippen LogP contribution in [0.5, 0.6) is 0 Å². The van der Waals surface area contributed by atoms with Crippen molar-refractivity contribution in [3.8, 4) is 0 Å². The van der Waals surface area contributed by atoms with Crippen molar-refractivity contribution in [3.05, 3.63) is 35.4 Å². The van der Waals surface area contributed by atoms with Gasteiger partial charge in [0.2, 0.25) is 0 Å². The van der Waals surface area contributed by atoms with Crippen molar-refractivity contribution in [2.75, 3.05) is 6.61 Å². The Morgan fingerprint density at radius 1 is 1.35 bits per heavy atom. The Morgan fingerprint density at radius 3 is 2.65 bits per heavy atom. The summed E-state index contributed by atoms with van der Waals surface area (Å²) in [6.45, 7) is 7.85. The summed E-state index contributed by atoms with van der Waals surface area (Å²) in [5.74, 6) is 0. The fraction of sp³-hybridized carbons (Fsp3) is 0.600. The molecule has 2 fully saturated rings. The lowest BCUT2D eigenvalue weighted by atomic mass is 9.95. The molecule has 92 valence electrons. The lowest BCUT2D eigenvalue weighted by molar-refractivity contribution is 0.296. The summed E-state index contributed by atoms with van der Waals surface area (Å²) in [4.78, 5) is 0. The van der Waals surface area contributed by atoms with Crippen LogP contribution in [-0.2, 0) is 9.84 Å². The van der Waals surface area contributed by atoms with Crippen LogP contribution in [0.3, 0.4) is 0 Å². The van der Waals surface area contributed by atoms with E-state index in [1.54, 1.807) is 5.56 Å². The molecule has 1 saturated carbocycles. The molecule has 1 aromatic carbocycles. The summed E-state index contributed by atoms with van der Waals surface area (Å²) < 4.78 is 6.34. The number of benzene rings is 1. The van der Waals surface area contributed by atoms with Gasteiger partial charge >= 0.3 is 0 Å².